The lowest BCUT2D eigenvalue weighted by molar-refractivity contribution is -0.134. The van der Waals surface area contributed by atoms with Crippen LogP contribution in [0, 0.1) is 12.8 Å². The second-order valence-corrected chi connectivity index (χ2v) is 8.90. The van der Waals surface area contributed by atoms with Crippen LogP contribution in [0.1, 0.15) is 40.9 Å². The van der Waals surface area contributed by atoms with E-state index in [1.54, 1.807) is 23.9 Å². The fourth-order valence-corrected chi connectivity index (χ4v) is 5.19. The van der Waals surface area contributed by atoms with Gasteiger partial charge in [0.25, 0.3) is 5.91 Å². The van der Waals surface area contributed by atoms with Crippen LogP contribution in [0.25, 0.3) is 21.9 Å². The molecule has 174 valence electrons. The van der Waals surface area contributed by atoms with Gasteiger partial charge in [0.15, 0.2) is 0 Å². The predicted octanol–water partition coefficient (Wildman–Crippen LogP) is 3.78. The molecule has 4 aromatic rings. The van der Waals surface area contributed by atoms with Crippen LogP contribution < -0.4 is 5.48 Å². The Morgan fingerprint density at radius 2 is 2.00 bits per heavy atom. The van der Waals surface area contributed by atoms with Crippen LogP contribution in [0.15, 0.2) is 54.9 Å². The van der Waals surface area contributed by atoms with E-state index in [0.717, 1.165) is 39.6 Å². The Balaban J connectivity index is 1.49. The minimum atomic E-state index is -0.445. The molecular weight excluding hydrogens is 430 g/mol. The summed E-state index contributed by atoms with van der Waals surface area (Å²) in [6.45, 7) is 2.42. The summed E-state index contributed by atoms with van der Waals surface area (Å²) in [7, 11) is 0. The van der Waals surface area contributed by atoms with Gasteiger partial charge in [0.05, 0.1) is 28.8 Å². The third-order valence-corrected chi connectivity index (χ3v) is 6.81. The highest BCUT2D eigenvalue weighted by atomic mass is 16.5. The van der Waals surface area contributed by atoms with Gasteiger partial charge >= 0.3 is 0 Å². The maximum absolute atomic E-state index is 13.8. The van der Waals surface area contributed by atoms with Crippen molar-refractivity contribution >= 4 is 33.8 Å². The maximum Gasteiger partial charge on any atom is 0.254 e. The van der Waals surface area contributed by atoms with Crippen molar-refractivity contribution in [3.05, 3.63) is 71.7 Å². The number of aromatic amines is 1. The van der Waals surface area contributed by atoms with Crippen LogP contribution in [-0.2, 0) is 11.2 Å². The number of nitrogens with zero attached hydrogens (tertiary/aromatic N) is 3. The normalized spacial score (nSPS) is 17.8. The molecule has 1 aliphatic rings. The van der Waals surface area contributed by atoms with Crippen molar-refractivity contribution in [1.29, 1.82) is 0 Å². The number of aryl methyl sites for hydroxylation is 1. The second-order valence-electron chi connectivity index (χ2n) is 8.90. The molecule has 2 unspecified atom stereocenters. The molecule has 1 fully saturated rings. The van der Waals surface area contributed by atoms with Crippen molar-refractivity contribution in [2.24, 2.45) is 5.92 Å². The number of fused-ring (bicyclic) bond motifs is 2. The zero-order valence-electron chi connectivity index (χ0n) is 19.0. The molecule has 0 bridgehead atoms. The third kappa shape index (κ3) is 4.12. The van der Waals surface area contributed by atoms with Crippen molar-refractivity contribution in [2.45, 2.75) is 38.6 Å². The lowest BCUT2D eigenvalue weighted by atomic mass is 9.98. The number of hydrogen-bond donors (Lipinski definition) is 3. The van der Waals surface area contributed by atoms with Crippen LogP contribution >= 0.6 is 0 Å². The quantitative estimate of drug-likeness (QED) is 0.301. The third-order valence-electron chi connectivity index (χ3n) is 6.81. The van der Waals surface area contributed by atoms with Crippen molar-refractivity contribution in [3.8, 4) is 0 Å². The summed E-state index contributed by atoms with van der Waals surface area (Å²) in [6.07, 6.45) is 4.40. The molecule has 0 spiro atoms. The number of carbonyl (C=O) groups excluding carboxylic acids is 2. The standard InChI is InChI=1S/C26H27N5O3/c1-16-13-17(19-5-2-3-7-21(19)29-16)11-12-31(24-8-4-6-20(24)25(32)30-34)26(33)18-9-10-22-23(14-18)28-15-27-22/h2-3,5,7,9-10,13-15,20,24,34H,4,6,8,11-12H2,1H3,(H,27,28)(H,30,32). The number of rotatable bonds is 6. The van der Waals surface area contributed by atoms with Gasteiger partial charge in [-0.3, -0.25) is 19.8 Å². The van der Waals surface area contributed by atoms with E-state index in [9.17, 15) is 14.8 Å². The fourth-order valence-electron chi connectivity index (χ4n) is 5.19. The molecule has 34 heavy (non-hydrogen) atoms. The minimum Gasteiger partial charge on any atom is -0.345 e. The van der Waals surface area contributed by atoms with Crippen LogP contribution in [0.3, 0.4) is 0 Å². The summed E-state index contributed by atoms with van der Waals surface area (Å²) in [5.74, 6) is -1.02. The Bertz CT molecular complexity index is 1370. The number of aromatic nitrogens is 3. The molecule has 0 aliphatic heterocycles. The highest BCUT2D eigenvalue weighted by Gasteiger charge is 2.39. The Kier molecular flexibility index (Phi) is 5.98. The topological polar surface area (TPSA) is 111 Å². The molecule has 2 amide bonds. The molecular formula is C26H27N5O3. The second kappa shape index (κ2) is 9.23. The Morgan fingerprint density at radius 3 is 2.85 bits per heavy atom. The molecule has 2 aromatic heterocycles. The van der Waals surface area contributed by atoms with Crippen molar-refractivity contribution < 1.29 is 14.8 Å². The first-order valence-corrected chi connectivity index (χ1v) is 11.6. The van der Waals surface area contributed by atoms with Gasteiger partial charge in [-0.25, -0.2) is 10.5 Å². The zero-order valence-corrected chi connectivity index (χ0v) is 19.0. The van der Waals surface area contributed by atoms with Gasteiger partial charge < -0.3 is 9.88 Å². The van der Waals surface area contributed by atoms with Crippen molar-refractivity contribution in [3.63, 3.8) is 0 Å². The largest absolute Gasteiger partial charge is 0.345 e. The summed E-state index contributed by atoms with van der Waals surface area (Å²) < 4.78 is 0. The molecule has 2 heterocycles. The Morgan fingerprint density at radius 1 is 1.15 bits per heavy atom. The molecule has 1 aliphatic carbocycles. The zero-order chi connectivity index (χ0) is 23.7. The van der Waals surface area contributed by atoms with E-state index in [1.165, 1.54) is 0 Å². The molecule has 2 atom stereocenters. The number of hydrogen-bond acceptors (Lipinski definition) is 5. The molecule has 8 heteroatoms. The lowest BCUT2D eigenvalue weighted by Gasteiger charge is -2.33. The van der Waals surface area contributed by atoms with E-state index in [1.807, 2.05) is 42.2 Å². The van der Waals surface area contributed by atoms with Gasteiger partial charge in [0.1, 0.15) is 0 Å². The fraction of sp³-hybridized carbons (Fsp3) is 0.308. The number of carbonyl (C=O) groups is 2. The molecule has 8 nitrogen and oxygen atoms in total. The van der Waals surface area contributed by atoms with Crippen LogP contribution in [0.5, 0.6) is 0 Å². The minimum absolute atomic E-state index is 0.136. The Hall–Kier alpha value is -3.78. The number of H-pyrrole nitrogens is 1. The number of pyridine rings is 1. The SMILES string of the molecule is Cc1cc(CCN(C(=O)c2ccc3[nH]cnc3c2)C2CCCC2C(=O)NO)c2ccccc2n1. The monoisotopic (exact) mass is 457 g/mol. The van der Waals surface area contributed by atoms with Gasteiger partial charge in [-0.15, -0.1) is 0 Å². The molecule has 3 N–H and O–H groups in total. The summed E-state index contributed by atoms with van der Waals surface area (Å²) in [5.41, 5.74) is 6.88. The number of para-hydroxylation sites is 1. The van der Waals surface area contributed by atoms with E-state index >= 15 is 0 Å². The molecule has 2 aromatic carbocycles. The summed E-state index contributed by atoms with van der Waals surface area (Å²) in [6, 6.07) is 15.2. The number of hydroxylamine groups is 1. The van der Waals surface area contributed by atoms with E-state index < -0.39 is 11.8 Å². The predicted molar refractivity (Wildman–Crippen MR) is 128 cm³/mol. The number of benzene rings is 2. The maximum atomic E-state index is 13.8. The van der Waals surface area contributed by atoms with Gasteiger partial charge in [0.2, 0.25) is 5.91 Å². The van der Waals surface area contributed by atoms with E-state index in [-0.39, 0.29) is 11.9 Å². The Labute approximate surface area is 197 Å². The van der Waals surface area contributed by atoms with Crippen molar-refractivity contribution in [2.75, 3.05) is 6.54 Å². The lowest BCUT2D eigenvalue weighted by Crippen LogP contribution is -2.47. The summed E-state index contributed by atoms with van der Waals surface area (Å²) in [5, 5.41) is 10.3. The molecule has 5 rings (SSSR count). The van der Waals surface area contributed by atoms with Crippen LogP contribution in [-0.4, -0.2) is 49.5 Å². The van der Waals surface area contributed by atoms with Gasteiger partial charge in [0, 0.05) is 29.2 Å². The van der Waals surface area contributed by atoms with Gasteiger partial charge in [-0.05, 0) is 62.1 Å². The van der Waals surface area contributed by atoms with Crippen LogP contribution in [0.4, 0.5) is 0 Å². The smallest absolute Gasteiger partial charge is 0.254 e. The highest BCUT2D eigenvalue weighted by Crippen LogP contribution is 2.32. The van der Waals surface area contributed by atoms with Crippen molar-refractivity contribution in [1.82, 2.24) is 25.3 Å². The van der Waals surface area contributed by atoms with Gasteiger partial charge in [-0.2, -0.15) is 0 Å². The van der Waals surface area contributed by atoms with E-state index in [4.69, 9.17) is 0 Å². The van der Waals surface area contributed by atoms with Gasteiger partial charge in [-0.1, -0.05) is 24.6 Å². The highest BCUT2D eigenvalue weighted by molar-refractivity contribution is 5.98. The average molecular weight is 458 g/mol. The summed E-state index contributed by atoms with van der Waals surface area (Å²) >= 11 is 0. The van der Waals surface area contributed by atoms with E-state index in [0.29, 0.717) is 31.4 Å². The number of imidazole rings is 1. The number of nitrogens with one attached hydrogen (secondary N) is 2. The summed E-state index contributed by atoms with van der Waals surface area (Å²) in [4.78, 5) is 39.9. The first-order chi connectivity index (χ1) is 16.5. The molecule has 0 saturated heterocycles. The number of amides is 2. The first-order valence-electron chi connectivity index (χ1n) is 11.6. The molecule has 1 saturated carbocycles. The van der Waals surface area contributed by atoms with Crippen LogP contribution in [0.2, 0.25) is 0 Å². The molecule has 0 radical (unpaired) electrons. The first kappa shape index (κ1) is 22.0. The van der Waals surface area contributed by atoms with E-state index in [2.05, 4.69) is 21.0 Å². The average Bonchev–Trinajstić information content (AvgIpc) is 3.52.